The molecule has 1 aromatic carbocycles. The summed E-state index contributed by atoms with van der Waals surface area (Å²) in [6.45, 7) is 10.8. The summed E-state index contributed by atoms with van der Waals surface area (Å²) in [6.07, 6.45) is 4.87. The molecule has 1 saturated heterocycles. The van der Waals surface area contributed by atoms with Gasteiger partial charge in [-0.25, -0.2) is 19.7 Å². The van der Waals surface area contributed by atoms with Crippen LogP contribution in [0.15, 0.2) is 42.7 Å². The molecule has 2 aromatic heterocycles. The lowest BCUT2D eigenvalue weighted by Gasteiger charge is -2.34. The van der Waals surface area contributed by atoms with Crippen molar-refractivity contribution >= 4 is 17.7 Å². The Labute approximate surface area is 212 Å². The zero-order valence-corrected chi connectivity index (χ0v) is 21.5. The van der Waals surface area contributed by atoms with Crippen LogP contribution in [0.5, 0.6) is 11.6 Å². The smallest absolute Gasteiger partial charge is 0.410 e. The predicted octanol–water partition coefficient (Wildman–Crippen LogP) is 5.34. The number of hydrogen-bond donors (Lipinski definition) is 2. The first-order valence-electron chi connectivity index (χ1n) is 12.2. The molecular weight excluding hydrogens is 456 g/mol. The fourth-order valence-electron chi connectivity index (χ4n) is 4.05. The molecule has 1 atom stereocenters. The van der Waals surface area contributed by atoms with E-state index in [0.29, 0.717) is 36.4 Å². The molecule has 9 heteroatoms. The molecule has 0 radical (unpaired) electrons. The lowest BCUT2D eigenvalue weighted by atomic mass is 10.1. The number of anilines is 2. The molecule has 1 fully saturated rings. The second-order valence-corrected chi connectivity index (χ2v) is 10.0. The number of hydrogen-bond acceptors (Lipinski definition) is 8. The molecular formula is C27H34N6O3. The molecule has 3 N–H and O–H groups in total. The maximum Gasteiger partial charge on any atom is 0.410 e. The van der Waals surface area contributed by atoms with E-state index in [1.807, 2.05) is 65.0 Å². The molecule has 0 aliphatic carbocycles. The number of nitrogens with zero attached hydrogens (tertiary/aromatic N) is 4. The molecule has 3 heterocycles. The summed E-state index contributed by atoms with van der Waals surface area (Å²) in [5.41, 5.74) is 9.59. The molecule has 3 aromatic rings. The van der Waals surface area contributed by atoms with E-state index in [4.69, 9.17) is 20.2 Å². The Morgan fingerprint density at radius 1 is 1.11 bits per heavy atom. The SMILES string of the molecule is Cc1c(N)ccc(Oc2ncccc2-c2ccnc(N[C@H]3CCCN(C(=O)OC(C)(C)C)C3)n2)c1C. The van der Waals surface area contributed by atoms with Crippen molar-refractivity contribution in [3.8, 4) is 22.9 Å². The number of aromatic nitrogens is 3. The van der Waals surface area contributed by atoms with Crippen molar-refractivity contribution < 1.29 is 14.3 Å². The summed E-state index contributed by atoms with van der Waals surface area (Å²) >= 11 is 0. The van der Waals surface area contributed by atoms with E-state index in [1.165, 1.54) is 0 Å². The fraction of sp³-hybridized carbons (Fsp3) is 0.407. The summed E-state index contributed by atoms with van der Waals surface area (Å²) in [7, 11) is 0. The van der Waals surface area contributed by atoms with Gasteiger partial charge in [-0.3, -0.25) is 0 Å². The third kappa shape index (κ3) is 6.02. The molecule has 1 aliphatic heterocycles. The first kappa shape index (κ1) is 25.2. The highest BCUT2D eigenvalue weighted by molar-refractivity contribution is 5.69. The maximum atomic E-state index is 12.5. The highest BCUT2D eigenvalue weighted by atomic mass is 16.6. The number of nitrogen functional groups attached to an aromatic ring is 1. The number of pyridine rings is 1. The van der Waals surface area contributed by atoms with Crippen LogP contribution in [0.2, 0.25) is 0 Å². The molecule has 36 heavy (non-hydrogen) atoms. The summed E-state index contributed by atoms with van der Waals surface area (Å²) < 4.78 is 11.7. The summed E-state index contributed by atoms with van der Waals surface area (Å²) in [5, 5.41) is 3.38. The van der Waals surface area contributed by atoms with Crippen LogP contribution in [0.1, 0.15) is 44.7 Å². The van der Waals surface area contributed by atoms with Gasteiger partial charge in [0.05, 0.1) is 11.3 Å². The van der Waals surface area contributed by atoms with Gasteiger partial charge >= 0.3 is 6.09 Å². The number of piperidine rings is 1. The quantitative estimate of drug-likeness (QED) is 0.461. The number of carbonyl (C=O) groups is 1. The number of amides is 1. The number of nitrogens with one attached hydrogen (secondary N) is 1. The molecule has 0 saturated carbocycles. The topological polar surface area (TPSA) is 115 Å². The van der Waals surface area contributed by atoms with Crippen LogP contribution in [0, 0.1) is 13.8 Å². The second-order valence-electron chi connectivity index (χ2n) is 10.0. The maximum absolute atomic E-state index is 12.5. The normalized spacial score (nSPS) is 15.9. The van der Waals surface area contributed by atoms with Crippen molar-refractivity contribution in [1.29, 1.82) is 0 Å². The van der Waals surface area contributed by atoms with Gasteiger partial charge in [0.15, 0.2) is 0 Å². The molecule has 0 unspecified atom stereocenters. The van der Waals surface area contributed by atoms with E-state index in [9.17, 15) is 4.79 Å². The van der Waals surface area contributed by atoms with E-state index in [2.05, 4.69) is 15.3 Å². The van der Waals surface area contributed by atoms with Gasteiger partial charge in [-0.2, -0.15) is 0 Å². The van der Waals surface area contributed by atoms with E-state index in [-0.39, 0.29) is 12.1 Å². The molecule has 0 bridgehead atoms. The van der Waals surface area contributed by atoms with E-state index >= 15 is 0 Å². The average molecular weight is 491 g/mol. The number of benzene rings is 1. The van der Waals surface area contributed by atoms with Crippen LogP contribution in [0.3, 0.4) is 0 Å². The van der Waals surface area contributed by atoms with Crippen LogP contribution in [0.4, 0.5) is 16.4 Å². The Morgan fingerprint density at radius 3 is 2.69 bits per heavy atom. The van der Waals surface area contributed by atoms with Crippen molar-refractivity contribution in [3.05, 3.63) is 53.9 Å². The molecule has 9 nitrogen and oxygen atoms in total. The number of nitrogens with two attached hydrogens (primary N) is 1. The molecule has 190 valence electrons. The molecule has 1 amide bonds. The van der Waals surface area contributed by atoms with Crippen LogP contribution in [0.25, 0.3) is 11.3 Å². The minimum Gasteiger partial charge on any atom is -0.444 e. The van der Waals surface area contributed by atoms with E-state index < -0.39 is 5.60 Å². The Kier molecular flexibility index (Phi) is 7.28. The number of ether oxygens (including phenoxy) is 2. The monoisotopic (exact) mass is 490 g/mol. The van der Waals surface area contributed by atoms with E-state index in [0.717, 1.165) is 35.2 Å². The highest BCUT2D eigenvalue weighted by Crippen LogP contribution is 2.34. The first-order chi connectivity index (χ1) is 17.1. The molecule has 0 spiro atoms. The minimum absolute atomic E-state index is 0.0199. The first-order valence-corrected chi connectivity index (χ1v) is 12.2. The van der Waals surface area contributed by atoms with Crippen molar-refractivity contribution in [2.45, 2.75) is 59.1 Å². The molecule has 4 rings (SSSR count). The minimum atomic E-state index is -0.526. The van der Waals surface area contributed by atoms with Crippen LogP contribution in [-0.2, 0) is 4.74 Å². The van der Waals surface area contributed by atoms with Gasteiger partial charge in [-0.1, -0.05) is 0 Å². The number of carbonyl (C=O) groups excluding carboxylic acids is 1. The lowest BCUT2D eigenvalue weighted by Crippen LogP contribution is -2.47. The predicted molar refractivity (Wildman–Crippen MR) is 140 cm³/mol. The zero-order chi connectivity index (χ0) is 25.9. The number of rotatable bonds is 5. The Hall–Kier alpha value is -3.88. The number of likely N-dealkylation sites (tertiary alicyclic amines) is 1. The summed E-state index contributed by atoms with van der Waals surface area (Å²) in [6, 6.07) is 9.29. The van der Waals surface area contributed by atoms with E-state index in [1.54, 1.807) is 17.3 Å². The second kappa shape index (κ2) is 10.4. The van der Waals surface area contributed by atoms with Gasteiger partial charge in [-0.15, -0.1) is 0 Å². The van der Waals surface area contributed by atoms with Gasteiger partial charge in [0.2, 0.25) is 11.8 Å². The van der Waals surface area contributed by atoms with Crippen molar-refractivity contribution in [2.24, 2.45) is 0 Å². The highest BCUT2D eigenvalue weighted by Gasteiger charge is 2.28. The van der Waals surface area contributed by atoms with Crippen LogP contribution in [-0.4, -0.2) is 50.7 Å². The third-order valence-corrected chi connectivity index (χ3v) is 6.10. The van der Waals surface area contributed by atoms with Crippen molar-refractivity contribution in [3.63, 3.8) is 0 Å². The van der Waals surface area contributed by atoms with Gasteiger partial charge in [0, 0.05) is 37.2 Å². The Balaban J connectivity index is 1.51. The zero-order valence-electron chi connectivity index (χ0n) is 21.5. The third-order valence-electron chi connectivity index (χ3n) is 6.10. The summed E-state index contributed by atoms with van der Waals surface area (Å²) in [5.74, 6) is 1.62. The Bertz CT molecular complexity index is 1240. The Morgan fingerprint density at radius 2 is 1.92 bits per heavy atom. The largest absolute Gasteiger partial charge is 0.444 e. The van der Waals surface area contributed by atoms with Crippen molar-refractivity contribution in [1.82, 2.24) is 19.9 Å². The molecule has 1 aliphatic rings. The summed E-state index contributed by atoms with van der Waals surface area (Å²) in [4.78, 5) is 27.8. The van der Waals surface area contributed by atoms with Gasteiger partial charge in [-0.05, 0) is 88.9 Å². The van der Waals surface area contributed by atoms with Gasteiger partial charge < -0.3 is 25.4 Å². The fourth-order valence-corrected chi connectivity index (χ4v) is 4.05. The van der Waals surface area contributed by atoms with Crippen LogP contribution >= 0.6 is 0 Å². The van der Waals surface area contributed by atoms with Crippen molar-refractivity contribution in [2.75, 3.05) is 24.1 Å². The van der Waals surface area contributed by atoms with Gasteiger partial charge in [0.25, 0.3) is 0 Å². The lowest BCUT2D eigenvalue weighted by molar-refractivity contribution is 0.0206. The van der Waals surface area contributed by atoms with Crippen LogP contribution < -0.4 is 15.8 Å². The standard InChI is InChI=1S/C27H34N6O3/c1-17-18(2)23(11-10-21(17)28)35-24-20(9-6-13-29-24)22-12-14-30-25(32-22)31-19-8-7-15-33(16-19)26(34)36-27(3,4)5/h6,9-14,19H,7-8,15-16,28H2,1-5H3,(H,30,31,32)/t19-/m0/s1. The average Bonchev–Trinajstić information content (AvgIpc) is 2.84. The van der Waals surface area contributed by atoms with Gasteiger partial charge in [0.1, 0.15) is 11.4 Å².